The van der Waals surface area contributed by atoms with E-state index >= 15 is 0 Å². The van der Waals surface area contributed by atoms with Crippen molar-refractivity contribution in [1.82, 2.24) is 9.88 Å². The van der Waals surface area contributed by atoms with E-state index in [0.29, 0.717) is 23.1 Å². The SMILES string of the molecule is O=C(CCN1CCCCC1)Nc1ccc2sc3ccccc3c(=O)c2n1. The number of fused-ring (bicyclic) bond motifs is 2. The Morgan fingerprint density at radius 3 is 2.73 bits per heavy atom. The quantitative estimate of drug-likeness (QED) is 0.716. The molecule has 1 N–H and O–H groups in total. The summed E-state index contributed by atoms with van der Waals surface area (Å²) in [7, 11) is 0. The number of anilines is 1. The number of carbonyl (C=O) groups is 1. The number of carbonyl (C=O) groups excluding carboxylic acids is 1. The Morgan fingerprint density at radius 1 is 1.08 bits per heavy atom. The highest BCUT2D eigenvalue weighted by Crippen LogP contribution is 2.24. The molecule has 134 valence electrons. The van der Waals surface area contributed by atoms with E-state index in [1.54, 1.807) is 17.4 Å². The van der Waals surface area contributed by atoms with Crippen molar-refractivity contribution >= 4 is 43.4 Å². The topological polar surface area (TPSA) is 62.3 Å². The molecule has 0 bridgehead atoms. The lowest BCUT2D eigenvalue weighted by Gasteiger charge is -2.25. The fourth-order valence-corrected chi connectivity index (χ4v) is 4.42. The molecule has 0 unspecified atom stereocenters. The van der Waals surface area contributed by atoms with Crippen molar-refractivity contribution < 1.29 is 4.79 Å². The molecule has 1 fully saturated rings. The number of aromatic nitrogens is 1. The summed E-state index contributed by atoms with van der Waals surface area (Å²) < 4.78 is 1.78. The van der Waals surface area contributed by atoms with Crippen molar-refractivity contribution in [3.8, 4) is 0 Å². The Bertz CT molecular complexity index is 1010. The summed E-state index contributed by atoms with van der Waals surface area (Å²) in [6.07, 6.45) is 4.17. The van der Waals surface area contributed by atoms with Crippen LogP contribution in [0.4, 0.5) is 5.82 Å². The zero-order valence-corrected chi connectivity index (χ0v) is 15.3. The molecule has 0 spiro atoms. The van der Waals surface area contributed by atoms with Crippen LogP contribution in [-0.4, -0.2) is 35.4 Å². The molecule has 1 aliphatic heterocycles. The monoisotopic (exact) mass is 367 g/mol. The summed E-state index contributed by atoms with van der Waals surface area (Å²) >= 11 is 1.54. The van der Waals surface area contributed by atoms with Crippen LogP contribution in [0, 0.1) is 0 Å². The van der Waals surface area contributed by atoms with Gasteiger partial charge in [-0.2, -0.15) is 0 Å². The average Bonchev–Trinajstić information content (AvgIpc) is 2.68. The molecule has 0 atom stereocenters. The van der Waals surface area contributed by atoms with Gasteiger partial charge in [-0.25, -0.2) is 4.98 Å². The number of nitrogens with zero attached hydrogens (tertiary/aromatic N) is 2. The van der Waals surface area contributed by atoms with Gasteiger partial charge < -0.3 is 10.2 Å². The minimum Gasteiger partial charge on any atom is -0.311 e. The van der Waals surface area contributed by atoms with Crippen molar-refractivity contribution in [1.29, 1.82) is 0 Å². The van der Waals surface area contributed by atoms with Crippen molar-refractivity contribution in [2.24, 2.45) is 0 Å². The smallest absolute Gasteiger partial charge is 0.226 e. The van der Waals surface area contributed by atoms with Gasteiger partial charge in [-0.1, -0.05) is 18.6 Å². The van der Waals surface area contributed by atoms with E-state index < -0.39 is 0 Å². The molecule has 0 aliphatic carbocycles. The number of piperidine rings is 1. The minimum absolute atomic E-state index is 0.0562. The maximum Gasteiger partial charge on any atom is 0.226 e. The zero-order valence-electron chi connectivity index (χ0n) is 14.5. The number of hydrogen-bond acceptors (Lipinski definition) is 5. The molecule has 3 heterocycles. The van der Waals surface area contributed by atoms with Crippen molar-refractivity contribution in [3.05, 3.63) is 46.6 Å². The van der Waals surface area contributed by atoms with Crippen molar-refractivity contribution in [2.45, 2.75) is 25.7 Å². The summed E-state index contributed by atoms with van der Waals surface area (Å²) in [4.78, 5) is 31.7. The Labute approximate surface area is 155 Å². The summed E-state index contributed by atoms with van der Waals surface area (Å²) in [5, 5.41) is 3.51. The molecule has 2 aromatic heterocycles. The van der Waals surface area contributed by atoms with Crippen LogP contribution in [0.5, 0.6) is 0 Å². The summed E-state index contributed by atoms with van der Waals surface area (Å²) in [6, 6.07) is 11.2. The van der Waals surface area contributed by atoms with E-state index in [4.69, 9.17) is 0 Å². The van der Waals surface area contributed by atoms with Crippen LogP contribution in [0.25, 0.3) is 20.3 Å². The van der Waals surface area contributed by atoms with Crippen molar-refractivity contribution in [3.63, 3.8) is 0 Å². The van der Waals surface area contributed by atoms with Gasteiger partial charge in [0.1, 0.15) is 11.3 Å². The highest BCUT2D eigenvalue weighted by molar-refractivity contribution is 7.24. The second-order valence-corrected chi connectivity index (χ2v) is 7.75. The molecule has 0 saturated carbocycles. The van der Waals surface area contributed by atoms with E-state index in [0.717, 1.165) is 29.0 Å². The number of nitrogens with one attached hydrogen (secondary N) is 1. The number of pyridine rings is 1. The van der Waals surface area contributed by atoms with Crippen LogP contribution >= 0.6 is 11.3 Å². The van der Waals surface area contributed by atoms with E-state index in [1.165, 1.54) is 19.3 Å². The van der Waals surface area contributed by atoms with E-state index in [2.05, 4.69) is 15.2 Å². The van der Waals surface area contributed by atoms with Gasteiger partial charge in [-0.3, -0.25) is 9.59 Å². The second kappa shape index (κ2) is 7.51. The lowest BCUT2D eigenvalue weighted by molar-refractivity contribution is -0.116. The molecule has 1 aliphatic rings. The molecule has 5 nitrogen and oxygen atoms in total. The van der Waals surface area contributed by atoms with Gasteiger partial charge in [-0.15, -0.1) is 11.3 Å². The van der Waals surface area contributed by atoms with Gasteiger partial charge >= 0.3 is 0 Å². The van der Waals surface area contributed by atoms with E-state index in [-0.39, 0.29) is 11.3 Å². The standard InChI is InChI=1S/C20H21N3O2S/c24-18(10-13-23-11-4-1-5-12-23)21-17-9-8-16-19(22-17)20(25)14-6-2-3-7-15(14)26-16/h2-3,6-9H,1,4-5,10-13H2,(H,21,22,24). The Hall–Kier alpha value is -2.31. The number of amides is 1. The number of likely N-dealkylation sites (tertiary alicyclic amines) is 1. The van der Waals surface area contributed by atoms with Gasteiger partial charge in [0.05, 0.1) is 4.70 Å². The molecule has 0 radical (unpaired) electrons. The molecule has 1 saturated heterocycles. The van der Waals surface area contributed by atoms with E-state index in [1.807, 2.05) is 30.3 Å². The van der Waals surface area contributed by atoms with E-state index in [9.17, 15) is 9.59 Å². The van der Waals surface area contributed by atoms with Crippen LogP contribution in [0.15, 0.2) is 41.2 Å². The predicted molar refractivity (Wildman–Crippen MR) is 107 cm³/mol. The Morgan fingerprint density at radius 2 is 1.88 bits per heavy atom. The first-order chi connectivity index (χ1) is 12.7. The summed E-state index contributed by atoms with van der Waals surface area (Å²) in [6.45, 7) is 2.93. The average molecular weight is 367 g/mol. The second-order valence-electron chi connectivity index (χ2n) is 6.67. The van der Waals surface area contributed by atoms with Gasteiger partial charge in [-0.05, 0) is 50.2 Å². The third-order valence-electron chi connectivity index (χ3n) is 4.80. The molecule has 1 aromatic carbocycles. The summed E-state index contributed by atoms with van der Waals surface area (Å²) in [5.74, 6) is 0.389. The number of rotatable bonds is 4. The fraction of sp³-hybridized carbons (Fsp3) is 0.350. The number of benzene rings is 1. The third-order valence-corrected chi connectivity index (χ3v) is 5.92. The van der Waals surface area contributed by atoms with Crippen LogP contribution in [0.3, 0.4) is 0 Å². The largest absolute Gasteiger partial charge is 0.311 e. The zero-order chi connectivity index (χ0) is 17.9. The summed E-state index contributed by atoms with van der Waals surface area (Å²) in [5.41, 5.74) is 0.335. The van der Waals surface area contributed by atoms with Crippen LogP contribution in [-0.2, 0) is 4.79 Å². The van der Waals surface area contributed by atoms with Crippen LogP contribution in [0.1, 0.15) is 25.7 Å². The normalized spacial score (nSPS) is 15.4. The van der Waals surface area contributed by atoms with Crippen molar-refractivity contribution in [2.75, 3.05) is 25.0 Å². The van der Waals surface area contributed by atoms with Gasteiger partial charge in [0.25, 0.3) is 0 Å². The molecule has 6 heteroatoms. The fourth-order valence-electron chi connectivity index (χ4n) is 3.40. The van der Waals surface area contributed by atoms with Gasteiger partial charge in [0.15, 0.2) is 0 Å². The van der Waals surface area contributed by atoms with Crippen LogP contribution in [0.2, 0.25) is 0 Å². The van der Waals surface area contributed by atoms with Gasteiger partial charge in [0.2, 0.25) is 11.3 Å². The lowest BCUT2D eigenvalue weighted by atomic mass is 10.1. The molecular weight excluding hydrogens is 346 g/mol. The maximum atomic E-state index is 12.7. The number of hydrogen-bond donors (Lipinski definition) is 1. The maximum absolute atomic E-state index is 12.7. The first kappa shape index (κ1) is 17.1. The third kappa shape index (κ3) is 3.61. The highest BCUT2D eigenvalue weighted by atomic mass is 32.1. The first-order valence-electron chi connectivity index (χ1n) is 9.05. The minimum atomic E-state index is -0.0845. The van der Waals surface area contributed by atoms with Crippen LogP contribution < -0.4 is 10.7 Å². The molecule has 4 rings (SSSR count). The Balaban J connectivity index is 1.51. The highest BCUT2D eigenvalue weighted by Gasteiger charge is 2.13. The molecule has 3 aromatic rings. The molecule has 26 heavy (non-hydrogen) atoms. The predicted octanol–water partition coefficient (Wildman–Crippen LogP) is 3.62. The molecule has 1 amide bonds. The van der Waals surface area contributed by atoms with Gasteiger partial charge in [0, 0.05) is 23.1 Å². The molecular formula is C20H21N3O2S. The Kier molecular flexibility index (Phi) is 4.95. The lowest BCUT2D eigenvalue weighted by Crippen LogP contribution is -2.32. The first-order valence-corrected chi connectivity index (χ1v) is 9.87.